The summed E-state index contributed by atoms with van der Waals surface area (Å²) in [6, 6.07) is 1.56. The van der Waals surface area contributed by atoms with E-state index in [1.54, 1.807) is 12.3 Å². The zero-order chi connectivity index (χ0) is 12.2. The molecular formula is C10H12F3NOS. The molecule has 0 N–H and O–H groups in total. The molecule has 1 aromatic heterocycles. The molecule has 0 saturated heterocycles. The largest absolute Gasteiger partial charge is 0.482 e. The number of aromatic nitrogens is 1. The molecule has 0 aliphatic carbocycles. The van der Waals surface area contributed by atoms with Crippen LogP contribution in [0.25, 0.3) is 0 Å². The second-order valence-electron chi connectivity index (χ2n) is 3.43. The number of hydrogen-bond donors (Lipinski definition) is 0. The first-order chi connectivity index (χ1) is 7.37. The molecule has 0 bridgehead atoms. The second-order valence-corrected chi connectivity index (χ2v) is 5.08. The van der Waals surface area contributed by atoms with Gasteiger partial charge in [-0.2, -0.15) is 13.2 Å². The Hall–Kier alpha value is -0.910. The molecule has 0 saturated carbocycles. The van der Waals surface area contributed by atoms with Crippen LogP contribution in [0.3, 0.4) is 0 Å². The lowest BCUT2D eigenvalue weighted by atomic mass is 10.4. The minimum absolute atomic E-state index is 0.142. The van der Waals surface area contributed by atoms with E-state index in [0.29, 0.717) is 5.25 Å². The van der Waals surface area contributed by atoms with Gasteiger partial charge in [-0.15, -0.1) is 11.8 Å². The van der Waals surface area contributed by atoms with Gasteiger partial charge in [0.15, 0.2) is 6.61 Å². The number of nitrogens with zero attached hydrogens (tertiary/aromatic N) is 1. The van der Waals surface area contributed by atoms with Crippen LogP contribution in [0, 0.1) is 0 Å². The van der Waals surface area contributed by atoms with Crippen molar-refractivity contribution in [3.63, 3.8) is 0 Å². The van der Waals surface area contributed by atoms with Crippen LogP contribution in [0.15, 0.2) is 23.4 Å². The van der Waals surface area contributed by atoms with Gasteiger partial charge in [-0.05, 0) is 6.07 Å². The van der Waals surface area contributed by atoms with Crippen LogP contribution in [0.1, 0.15) is 13.8 Å². The summed E-state index contributed by atoms with van der Waals surface area (Å²) < 4.78 is 40.3. The molecule has 6 heteroatoms. The number of halogens is 3. The summed E-state index contributed by atoms with van der Waals surface area (Å²) in [6.45, 7) is 2.70. The number of rotatable bonds is 4. The van der Waals surface area contributed by atoms with Gasteiger partial charge in [-0.1, -0.05) is 13.8 Å². The van der Waals surface area contributed by atoms with Gasteiger partial charge in [-0.3, -0.25) is 4.98 Å². The minimum atomic E-state index is -4.32. The monoisotopic (exact) mass is 251 g/mol. The highest BCUT2D eigenvalue weighted by atomic mass is 32.2. The molecule has 0 aromatic carbocycles. The standard InChI is InChI=1S/C10H12F3NOS/c1-7(2)16-9-3-8(4-14-5-9)15-6-10(11,12)13/h3-5,7H,6H2,1-2H3. The molecule has 2 nitrogen and oxygen atoms in total. The first-order valence-electron chi connectivity index (χ1n) is 4.68. The smallest absolute Gasteiger partial charge is 0.422 e. The lowest BCUT2D eigenvalue weighted by Gasteiger charge is -2.10. The van der Waals surface area contributed by atoms with Crippen LogP contribution >= 0.6 is 11.8 Å². The van der Waals surface area contributed by atoms with Crippen molar-refractivity contribution in [2.45, 2.75) is 30.2 Å². The van der Waals surface area contributed by atoms with E-state index in [-0.39, 0.29) is 5.75 Å². The summed E-state index contributed by atoms with van der Waals surface area (Å²) in [6.07, 6.45) is -1.44. The summed E-state index contributed by atoms with van der Waals surface area (Å²) in [4.78, 5) is 4.63. The van der Waals surface area contributed by atoms with Gasteiger partial charge in [0, 0.05) is 16.3 Å². The van der Waals surface area contributed by atoms with Crippen LogP contribution < -0.4 is 4.74 Å². The molecule has 0 aliphatic heterocycles. The van der Waals surface area contributed by atoms with E-state index in [9.17, 15) is 13.2 Å². The van der Waals surface area contributed by atoms with Crippen LogP contribution in [-0.2, 0) is 0 Å². The zero-order valence-corrected chi connectivity index (χ0v) is 9.73. The highest BCUT2D eigenvalue weighted by Gasteiger charge is 2.28. The first-order valence-corrected chi connectivity index (χ1v) is 5.56. The zero-order valence-electron chi connectivity index (χ0n) is 8.91. The number of ether oxygens (including phenoxy) is 1. The Balaban J connectivity index is 2.60. The van der Waals surface area contributed by atoms with Gasteiger partial charge >= 0.3 is 6.18 Å². The predicted molar refractivity (Wildman–Crippen MR) is 56.8 cm³/mol. The highest BCUT2D eigenvalue weighted by molar-refractivity contribution is 7.99. The maximum Gasteiger partial charge on any atom is 0.422 e. The molecule has 0 unspecified atom stereocenters. The first kappa shape index (κ1) is 13.2. The van der Waals surface area contributed by atoms with E-state index in [0.717, 1.165) is 4.90 Å². The van der Waals surface area contributed by atoms with E-state index >= 15 is 0 Å². The molecule has 0 atom stereocenters. The van der Waals surface area contributed by atoms with Crippen molar-refractivity contribution < 1.29 is 17.9 Å². The van der Waals surface area contributed by atoms with Crippen LogP contribution in [-0.4, -0.2) is 23.0 Å². The third-order valence-electron chi connectivity index (χ3n) is 1.46. The summed E-state index contributed by atoms with van der Waals surface area (Å²) in [5.41, 5.74) is 0. The van der Waals surface area contributed by atoms with Crippen molar-refractivity contribution >= 4 is 11.8 Å². The average molecular weight is 251 g/mol. The number of pyridine rings is 1. The van der Waals surface area contributed by atoms with E-state index in [1.807, 2.05) is 13.8 Å². The molecule has 0 fully saturated rings. The molecule has 90 valence electrons. The van der Waals surface area contributed by atoms with Gasteiger partial charge in [0.05, 0.1) is 6.20 Å². The van der Waals surface area contributed by atoms with E-state index in [4.69, 9.17) is 0 Å². The Morgan fingerprint density at radius 3 is 2.62 bits per heavy atom. The molecule has 1 aromatic rings. The molecule has 0 aliphatic rings. The van der Waals surface area contributed by atoms with Crippen molar-refractivity contribution in [2.75, 3.05) is 6.61 Å². The summed E-state index contributed by atoms with van der Waals surface area (Å²) >= 11 is 1.52. The Labute approximate surface area is 96.2 Å². The summed E-state index contributed by atoms with van der Waals surface area (Å²) in [5, 5.41) is 0.347. The Morgan fingerprint density at radius 1 is 1.38 bits per heavy atom. The molecule has 16 heavy (non-hydrogen) atoms. The van der Waals surface area contributed by atoms with E-state index in [2.05, 4.69) is 9.72 Å². The fraction of sp³-hybridized carbons (Fsp3) is 0.500. The Kier molecular flexibility index (Phi) is 4.46. The van der Waals surface area contributed by atoms with Gasteiger partial charge in [0.2, 0.25) is 0 Å². The van der Waals surface area contributed by atoms with Crippen molar-refractivity contribution in [3.05, 3.63) is 18.5 Å². The van der Waals surface area contributed by atoms with Crippen molar-refractivity contribution in [1.82, 2.24) is 4.98 Å². The maximum absolute atomic E-state index is 11.9. The van der Waals surface area contributed by atoms with E-state index in [1.165, 1.54) is 18.0 Å². The number of hydrogen-bond acceptors (Lipinski definition) is 3. The van der Waals surface area contributed by atoms with E-state index < -0.39 is 12.8 Å². The summed E-state index contributed by atoms with van der Waals surface area (Å²) in [7, 11) is 0. The second kappa shape index (κ2) is 5.43. The van der Waals surface area contributed by atoms with Crippen molar-refractivity contribution in [1.29, 1.82) is 0 Å². The third kappa shape index (κ3) is 5.25. The minimum Gasteiger partial charge on any atom is -0.482 e. The van der Waals surface area contributed by atoms with Gasteiger partial charge in [0.1, 0.15) is 5.75 Å². The van der Waals surface area contributed by atoms with Gasteiger partial charge < -0.3 is 4.74 Å². The SMILES string of the molecule is CC(C)Sc1cncc(OCC(F)(F)F)c1. The molecule has 1 heterocycles. The number of alkyl halides is 3. The predicted octanol–water partition coefficient (Wildman–Crippen LogP) is 3.52. The quantitative estimate of drug-likeness (QED) is 0.764. The molecule has 1 rings (SSSR count). The Bertz CT molecular complexity index is 341. The molecule has 0 spiro atoms. The Morgan fingerprint density at radius 2 is 2.06 bits per heavy atom. The topological polar surface area (TPSA) is 22.1 Å². The van der Waals surface area contributed by atoms with Gasteiger partial charge in [0.25, 0.3) is 0 Å². The fourth-order valence-corrected chi connectivity index (χ4v) is 1.83. The lowest BCUT2D eigenvalue weighted by Crippen LogP contribution is -2.19. The van der Waals surface area contributed by atoms with Crippen LogP contribution in [0.4, 0.5) is 13.2 Å². The molecular weight excluding hydrogens is 239 g/mol. The molecule has 0 radical (unpaired) electrons. The average Bonchev–Trinajstić information content (AvgIpc) is 2.13. The maximum atomic E-state index is 11.9. The van der Waals surface area contributed by atoms with Crippen LogP contribution in [0.2, 0.25) is 0 Å². The van der Waals surface area contributed by atoms with Crippen molar-refractivity contribution in [2.24, 2.45) is 0 Å². The van der Waals surface area contributed by atoms with Crippen LogP contribution in [0.5, 0.6) is 5.75 Å². The van der Waals surface area contributed by atoms with Crippen molar-refractivity contribution in [3.8, 4) is 5.75 Å². The lowest BCUT2D eigenvalue weighted by molar-refractivity contribution is -0.153. The summed E-state index contributed by atoms with van der Waals surface area (Å²) in [5.74, 6) is 0.142. The molecule has 0 amide bonds. The number of thioether (sulfide) groups is 1. The third-order valence-corrected chi connectivity index (χ3v) is 2.43. The highest BCUT2D eigenvalue weighted by Crippen LogP contribution is 2.26. The van der Waals surface area contributed by atoms with Gasteiger partial charge in [-0.25, -0.2) is 0 Å². The normalized spacial score (nSPS) is 11.9. The fourth-order valence-electron chi connectivity index (χ4n) is 0.980.